The molecule has 0 aliphatic carbocycles. The van der Waals surface area contributed by atoms with Gasteiger partial charge in [0.2, 0.25) is 15.9 Å². The van der Waals surface area contributed by atoms with Crippen LogP contribution in [0.1, 0.15) is 6.92 Å². The SMILES string of the molecule is CC(=O)NCCNS(=O)(=O)CC(=O)O. The average Bonchev–Trinajstić information content (AvgIpc) is 1.95. The molecule has 1 amide bonds. The Labute approximate surface area is 81.5 Å². The highest BCUT2D eigenvalue weighted by Crippen LogP contribution is 1.82. The number of nitrogens with one attached hydrogen (secondary N) is 2. The molecule has 0 saturated carbocycles. The van der Waals surface area contributed by atoms with E-state index >= 15 is 0 Å². The van der Waals surface area contributed by atoms with Crippen molar-refractivity contribution < 1.29 is 23.1 Å². The number of carbonyl (C=O) groups excluding carboxylic acids is 1. The number of amides is 1. The average molecular weight is 224 g/mol. The molecule has 8 heteroatoms. The third-order valence-electron chi connectivity index (χ3n) is 1.13. The smallest absolute Gasteiger partial charge is 0.320 e. The Balaban J connectivity index is 3.78. The molecule has 0 bridgehead atoms. The normalized spacial score (nSPS) is 10.9. The third kappa shape index (κ3) is 7.50. The molecule has 0 radical (unpaired) electrons. The maximum Gasteiger partial charge on any atom is 0.320 e. The largest absolute Gasteiger partial charge is 0.480 e. The molecule has 0 unspecified atom stereocenters. The number of aliphatic carboxylic acids is 1. The second kappa shape index (κ2) is 5.55. The van der Waals surface area contributed by atoms with E-state index in [2.05, 4.69) is 5.32 Å². The van der Waals surface area contributed by atoms with Crippen LogP contribution < -0.4 is 10.0 Å². The highest BCUT2D eigenvalue weighted by molar-refractivity contribution is 7.90. The molecule has 3 N–H and O–H groups in total. The lowest BCUT2D eigenvalue weighted by Gasteiger charge is -2.04. The fraction of sp³-hybridized carbons (Fsp3) is 0.667. The second-order valence-corrected chi connectivity index (χ2v) is 4.34. The summed E-state index contributed by atoms with van der Waals surface area (Å²) in [5.41, 5.74) is 0. The van der Waals surface area contributed by atoms with Gasteiger partial charge in [-0.25, -0.2) is 13.1 Å². The number of hydrogen-bond donors (Lipinski definition) is 3. The molecule has 0 aromatic heterocycles. The van der Waals surface area contributed by atoms with E-state index in [1.807, 2.05) is 4.72 Å². The molecule has 0 aliphatic heterocycles. The summed E-state index contributed by atoms with van der Waals surface area (Å²) in [6, 6.07) is 0. The standard InChI is InChI=1S/C6H12N2O5S/c1-5(9)7-2-3-8-14(12,13)4-6(10)11/h8H,2-4H2,1H3,(H,7,9)(H,10,11). The van der Waals surface area contributed by atoms with E-state index in [9.17, 15) is 18.0 Å². The summed E-state index contributed by atoms with van der Waals surface area (Å²) in [5.74, 6) is -2.66. The molecule has 0 fully saturated rings. The first kappa shape index (κ1) is 12.8. The first-order valence-electron chi connectivity index (χ1n) is 3.77. The van der Waals surface area contributed by atoms with Crippen molar-refractivity contribution in [2.45, 2.75) is 6.92 Å². The third-order valence-corrected chi connectivity index (χ3v) is 2.41. The van der Waals surface area contributed by atoms with Crippen LogP contribution in [0.3, 0.4) is 0 Å². The second-order valence-electron chi connectivity index (χ2n) is 2.53. The van der Waals surface area contributed by atoms with E-state index in [0.29, 0.717) is 0 Å². The molecule has 0 aromatic rings. The fourth-order valence-corrected chi connectivity index (χ4v) is 1.50. The first-order valence-corrected chi connectivity index (χ1v) is 5.42. The van der Waals surface area contributed by atoms with Gasteiger partial charge in [0.15, 0.2) is 5.75 Å². The van der Waals surface area contributed by atoms with Gasteiger partial charge in [-0.2, -0.15) is 0 Å². The van der Waals surface area contributed by atoms with Crippen molar-refractivity contribution in [3.63, 3.8) is 0 Å². The van der Waals surface area contributed by atoms with Crippen molar-refractivity contribution in [1.82, 2.24) is 10.0 Å². The summed E-state index contributed by atoms with van der Waals surface area (Å²) < 4.78 is 23.8. The lowest BCUT2D eigenvalue weighted by atomic mass is 10.6. The van der Waals surface area contributed by atoms with Crippen LogP contribution in [0.5, 0.6) is 0 Å². The highest BCUT2D eigenvalue weighted by atomic mass is 32.2. The van der Waals surface area contributed by atoms with Gasteiger partial charge in [0, 0.05) is 20.0 Å². The molecule has 82 valence electrons. The van der Waals surface area contributed by atoms with Gasteiger partial charge in [0.25, 0.3) is 0 Å². The minimum absolute atomic E-state index is 0.0187. The molecule has 0 atom stereocenters. The van der Waals surface area contributed by atoms with Crippen molar-refractivity contribution in [3.8, 4) is 0 Å². The van der Waals surface area contributed by atoms with E-state index in [4.69, 9.17) is 5.11 Å². The Morgan fingerprint density at radius 1 is 1.29 bits per heavy atom. The van der Waals surface area contributed by atoms with Gasteiger partial charge in [-0.1, -0.05) is 0 Å². The molecule has 0 saturated heterocycles. The minimum atomic E-state index is -3.78. The van der Waals surface area contributed by atoms with Crippen molar-refractivity contribution in [3.05, 3.63) is 0 Å². The summed E-state index contributed by atoms with van der Waals surface area (Å²) >= 11 is 0. The van der Waals surface area contributed by atoms with Crippen LogP contribution in [0, 0.1) is 0 Å². The molecule has 0 aliphatic rings. The molecule has 0 spiro atoms. The Morgan fingerprint density at radius 2 is 1.86 bits per heavy atom. The fourth-order valence-electron chi connectivity index (χ4n) is 0.659. The van der Waals surface area contributed by atoms with Crippen LogP contribution in [0.2, 0.25) is 0 Å². The quantitative estimate of drug-likeness (QED) is 0.457. The Bertz CT molecular complexity index is 310. The summed E-state index contributed by atoms with van der Waals surface area (Å²) in [6.07, 6.45) is 0. The van der Waals surface area contributed by atoms with Gasteiger partial charge >= 0.3 is 5.97 Å². The van der Waals surface area contributed by atoms with Gasteiger partial charge in [-0.3, -0.25) is 9.59 Å². The Morgan fingerprint density at radius 3 is 2.29 bits per heavy atom. The topological polar surface area (TPSA) is 113 Å². The Kier molecular flexibility index (Phi) is 5.10. The molecular formula is C6H12N2O5S. The van der Waals surface area contributed by atoms with Gasteiger partial charge < -0.3 is 10.4 Å². The van der Waals surface area contributed by atoms with Crippen LogP contribution in [-0.2, 0) is 19.6 Å². The van der Waals surface area contributed by atoms with Gasteiger partial charge in [0.05, 0.1) is 0 Å². The number of carboxylic acid groups (broad SMARTS) is 1. The van der Waals surface area contributed by atoms with Crippen LogP contribution in [0.15, 0.2) is 0 Å². The number of sulfonamides is 1. The number of carbonyl (C=O) groups is 2. The van der Waals surface area contributed by atoms with E-state index in [0.717, 1.165) is 0 Å². The summed E-state index contributed by atoms with van der Waals surface area (Å²) in [4.78, 5) is 20.4. The lowest BCUT2D eigenvalue weighted by molar-refractivity contribution is -0.134. The number of rotatable bonds is 6. The van der Waals surface area contributed by atoms with Crippen molar-refractivity contribution in [2.75, 3.05) is 18.8 Å². The van der Waals surface area contributed by atoms with E-state index in [1.54, 1.807) is 0 Å². The predicted octanol–water partition coefficient (Wildman–Crippen LogP) is -1.87. The monoisotopic (exact) mass is 224 g/mol. The molecular weight excluding hydrogens is 212 g/mol. The number of hydrogen-bond acceptors (Lipinski definition) is 4. The molecule has 0 rings (SSSR count). The maximum atomic E-state index is 10.9. The first-order chi connectivity index (χ1) is 6.33. The van der Waals surface area contributed by atoms with Gasteiger partial charge in [0.1, 0.15) is 0 Å². The van der Waals surface area contributed by atoms with Gasteiger partial charge in [-0.05, 0) is 0 Å². The molecule has 0 heterocycles. The molecule has 7 nitrogen and oxygen atoms in total. The van der Waals surface area contributed by atoms with Crippen molar-refractivity contribution in [2.24, 2.45) is 0 Å². The predicted molar refractivity (Wildman–Crippen MR) is 48.1 cm³/mol. The summed E-state index contributed by atoms with van der Waals surface area (Å²) in [5, 5.41) is 10.6. The molecule has 14 heavy (non-hydrogen) atoms. The van der Waals surface area contributed by atoms with E-state index in [1.165, 1.54) is 6.92 Å². The van der Waals surface area contributed by atoms with Gasteiger partial charge in [-0.15, -0.1) is 0 Å². The van der Waals surface area contributed by atoms with E-state index in [-0.39, 0.29) is 19.0 Å². The van der Waals surface area contributed by atoms with Crippen molar-refractivity contribution in [1.29, 1.82) is 0 Å². The highest BCUT2D eigenvalue weighted by Gasteiger charge is 2.14. The van der Waals surface area contributed by atoms with Crippen LogP contribution >= 0.6 is 0 Å². The lowest BCUT2D eigenvalue weighted by Crippen LogP contribution is -2.36. The zero-order valence-corrected chi connectivity index (χ0v) is 8.43. The number of carboxylic acids is 1. The van der Waals surface area contributed by atoms with Crippen LogP contribution in [-0.4, -0.2) is 44.2 Å². The zero-order chi connectivity index (χ0) is 11.2. The zero-order valence-electron chi connectivity index (χ0n) is 7.61. The van der Waals surface area contributed by atoms with Crippen LogP contribution in [0.25, 0.3) is 0 Å². The van der Waals surface area contributed by atoms with Crippen LogP contribution in [0.4, 0.5) is 0 Å². The maximum absolute atomic E-state index is 10.9. The Hall–Kier alpha value is -1.15. The summed E-state index contributed by atoms with van der Waals surface area (Å²) in [7, 11) is -3.78. The summed E-state index contributed by atoms with van der Waals surface area (Å²) in [6.45, 7) is 1.41. The van der Waals surface area contributed by atoms with E-state index < -0.39 is 21.7 Å². The molecule has 0 aromatic carbocycles. The van der Waals surface area contributed by atoms with Crippen molar-refractivity contribution >= 4 is 21.9 Å². The minimum Gasteiger partial charge on any atom is -0.480 e.